The van der Waals surface area contributed by atoms with E-state index in [1.54, 1.807) is 0 Å². The number of furan rings is 1. The summed E-state index contributed by atoms with van der Waals surface area (Å²) in [5.41, 5.74) is 18.2. The number of nitrogens with zero attached hydrogens (tertiary/aromatic N) is 4. The molecule has 0 saturated carbocycles. The minimum absolute atomic E-state index is 0.134. The number of hydrogen-bond donors (Lipinski definition) is 0. The lowest BCUT2D eigenvalue weighted by Crippen LogP contribution is -2.09. The standard InChI is InChI=1S/C69H46N4O/c1-5-19-45(20-6-1)49-37-38-62-61(44-49)65-57(32-18-35-63(65)73(62)56-29-11-4-12-30-56)50-26-16-28-52(40-50)68-70-67(71-69(72-68)60-34-17-33-59-58-31-13-14-36-64(58)74-66(59)60)51-27-15-25-48(39-51)55-42-53(46-21-7-2-8-22-46)41-54(43-55)47-23-9-3-10-24-47/h1-26,28-44,51H,27H2. The lowest BCUT2D eigenvalue weighted by atomic mass is 9.88. The van der Waals surface area contributed by atoms with Crippen LogP contribution in [0.4, 0.5) is 0 Å². The maximum absolute atomic E-state index is 6.64. The van der Waals surface area contributed by atoms with E-state index in [1.807, 2.05) is 12.1 Å². The molecule has 13 aromatic rings. The second-order valence-corrected chi connectivity index (χ2v) is 19.1. The maximum atomic E-state index is 6.64. The first-order valence-corrected chi connectivity index (χ1v) is 25.3. The highest BCUT2D eigenvalue weighted by molar-refractivity contribution is 6.17. The summed E-state index contributed by atoms with van der Waals surface area (Å²) in [5, 5.41) is 4.46. The summed E-state index contributed by atoms with van der Waals surface area (Å²) in [6.45, 7) is 0. The molecule has 0 bridgehead atoms. The third kappa shape index (κ3) is 7.70. The SMILES string of the molecule is C1=CC(c2cc(-c3ccccc3)cc(-c3ccccc3)c2)=CC(c2nc(-c3cccc(-c4cccc5c4c4cc(-c6ccccc6)ccc4n5-c4ccccc4)c3)nc(-c3cccc4c3oc3ccccc34)n2)C1. The maximum Gasteiger partial charge on any atom is 0.167 e. The Morgan fingerprint density at radius 1 is 0.392 bits per heavy atom. The molecule has 1 atom stereocenters. The highest BCUT2D eigenvalue weighted by atomic mass is 16.3. The van der Waals surface area contributed by atoms with Crippen LogP contribution in [0.2, 0.25) is 0 Å². The fraction of sp³-hybridized carbons (Fsp3) is 0.0290. The molecule has 14 rings (SSSR count). The number of aromatic nitrogens is 4. The summed E-state index contributed by atoms with van der Waals surface area (Å²) >= 11 is 0. The molecule has 1 aliphatic carbocycles. The van der Waals surface area contributed by atoms with Crippen LogP contribution in [0.1, 0.15) is 23.7 Å². The molecule has 5 heteroatoms. The van der Waals surface area contributed by atoms with Crippen molar-refractivity contribution in [2.75, 3.05) is 0 Å². The highest BCUT2D eigenvalue weighted by Crippen LogP contribution is 2.43. The lowest BCUT2D eigenvalue weighted by molar-refractivity contribution is 0.669. The van der Waals surface area contributed by atoms with Crippen LogP contribution in [0.15, 0.2) is 265 Å². The van der Waals surface area contributed by atoms with Crippen molar-refractivity contribution in [2.24, 2.45) is 0 Å². The Kier molecular flexibility index (Phi) is 10.6. The summed E-state index contributed by atoms with van der Waals surface area (Å²) in [6.07, 6.45) is 7.59. The number of rotatable bonds is 9. The smallest absolute Gasteiger partial charge is 0.167 e. The van der Waals surface area contributed by atoms with Gasteiger partial charge in [0.2, 0.25) is 0 Å². The molecule has 0 spiro atoms. The van der Waals surface area contributed by atoms with E-state index in [0.29, 0.717) is 17.5 Å². The summed E-state index contributed by atoms with van der Waals surface area (Å²) in [7, 11) is 0. The quantitative estimate of drug-likeness (QED) is 0.145. The first kappa shape index (κ1) is 43.1. The molecule has 0 fully saturated rings. The molecule has 0 N–H and O–H groups in total. The molecule has 1 unspecified atom stereocenters. The molecular formula is C69H46N4O. The third-order valence-corrected chi connectivity index (χ3v) is 14.5. The van der Waals surface area contributed by atoms with Crippen LogP contribution in [0.5, 0.6) is 0 Å². The van der Waals surface area contributed by atoms with Gasteiger partial charge in [0.15, 0.2) is 11.6 Å². The summed E-state index contributed by atoms with van der Waals surface area (Å²) in [5.74, 6) is 1.75. The van der Waals surface area contributed by atoms with E-state index in [9.17, 15) is 0 Å². The number of benzene rings is 10. The van der Waals surface area contributed by atoms with Crippen molar-refractivity contribution in [1.29, 1.82) is 0 Å². The minimum atomic E-state index is -0.134. The van der Waals surface area contributed by atoms with Crippen LogP contribution in [-0.2, 0) is 0 Å². The Morgan fingerprint density at radius 2 is 0.973 bits per heavy atom. The van der Waals surface area contributed by atoms with Crippen molar-refractivity contribution >= 4 is 49.3 Å². The third-order valence-electron chi connectivity index (χ3n) is 14.5. The predicted octanol–water partition coefficient (Wildman–Crippen LogP) is 18.0. The Labute approximate surface area is 428 Å². The van der Waals surface area contributed by atoms with Gasteiger partial charge in [-0.2, -0.15) is 0 Å². The topological polar surface area (TPSA) is 56.7 Å². The van der Waals surface area contributed by atoms with Crippen LogP contribution in [0.25, 0.3) is 122 Å². The largest absolute Gasteiger partial charge is 0.455 e. The van der Waals surface area contributed by atoms with Crippen molar-refractivity contribution in [3.05, 3.63) is 272 Å². The predicted molar refractivity (Wildman–Crippen MR) is 305 cm³/mol. The summed E-state index contributed by atoms with van der Waals surface area (Å²) < 4.78 is 9.02. The molecule has 3 heterocycles. The zero-order valence-corrected chi connectivity index (χ0v) is 40.3. The molecule has 348 valence electrons. The fourth-order valence-electron chi connectivity index (χ4n) is 11.0. The molecule has 0 aliphatic heterocycles. The van der Waals surface area contributed by atoms with Crippen molar-refractivity contribution < 1.29 is 4.42 Å². The Bertz CT molecular complexity index is 4270. The number of hydrogen-bond acceptors (Lipinski definition) is 4. The molecule has 74 heavy (non-hydrogen) atoms. The zero-order valence-electron chi connectivity index (χ0n) is 40.3. The molecular weight excluding hydrogens is 901 g/mol. The zero-order chi connectivity index (χ0) is 49.0. The first-order chi connectivity index (χ1) is 36.7. The summed E-state index contributed by atoms with van der Waals surface area (Å²) in [4.78, 5) is 16.2. The number of para-hydroxylation sites is 3. The average molecular weight is 947 g/mol. The Balaban J connectivity index is 0.939. The van der Waals surface area contributed by atoms with Crippen LogP contribution < -0.4 is 0 Å². The van der Waals surface area contributed by atoms with E-state index < -0.39 is 0 Å². The second kappa shape index (κ2) is 18.2. The van der Waals surface area contributed by atoms with Gasteiger partial charge >= 0.3 is 0 Å². The highest BCUT2D eigenvalue weighted by Gasteiger charge is 2.24. The van der Waals surface area contributed by atoms with E-state index in [1.165, 1.54) is 44.2 Å². The van der Waals surface area contributed by atoms with Gasteiger partial charge in [0.1, 0.15) is 17.0 Å². The van der Waals surface area contributed by atoms with Gasteiger partial charge in [-0.05, 0) is 129 Å². The molecule has 0 radical (unpaired) electrons. The van der Waals surface area contributed by atoms with E-state index in [4.69, 9.17) is 19.4 Å². The summed E-state index contributed by atoms with van der Waals surface area (Å²) in [6, 6.07) is 86.1. The number of allylic oxidation sites excluding steroid dienone is 4. The van der Waals surface area contributed by atoms with E-state index >= 15 is 0 Å². The van der Waals surface area contributed by atoms with Gasteiger partial charge in [-0.25, -0.2) is 15.0 Å². The van der Waals surface area contributed by atoms with Crippen LogP contribution in [-0.4, -0.2) is 19.5 Å². The molecule has 0 saturated heterocycles. The van der Waals surface area contributed by atoms with Gasteiger partial charge in [0, 0.05) is 38.7 Å². The first-order valence-electron chi connectivity index (χ1n) is 25.3. The van der Waals surface area contributed by atoms with E-state index in [2.05, 4.69) is 253 Å². The van der Waals surface area contributed by atoms with Gasteiger partial charge in [-0.15, -0.1) is 0 Å². The Hall–Kier alpha value is -9.71. The van der Waals surface area contributed by atoms with E-state index in [0.717, 1.165) is 78.5 Å². The van der Waals surface area contributed by atoms with Gasteiger partial charge in [0.05, 0.1) is 16.6 Å². The van der Waals surface area contributed by atoms with Crippen LogP contribution in [0, 0.1) is 0 Å². The molecule has 3 aromatic heterocycles. The van der Waals surface area contributed by atoms with Crippen molar-refractivity contribution in [3.63, 3.8) is 0 Å². The van der Waals surface area contributed by atoms with Crippen LogP contribution >= 0.6 is 0 Å². The van der Waals surface area contributed by atoms with Crippen LogP contribution in [0.3, 0.4) is 0 Å². The monoisotopic (exact) mass is 946 g/mol. The van der Waals surface area contributed by atoms with E-state index in [-0.39, 0.29) is 5.92 Å². The lowest BCUT2D eigenvalue weighted by Gasteiger charge is -2.19. The second-order valence-electron chi connectivity index (χ2n) is 19.1. The van der Waals surface area contributed by atoms with Gasteiger partial charge in [-0.3, -0.25) is 0 Å². The Morgan fingerprint density at radius 3 is 1.73 bits per heavy atom. The van der Waals surface area contributed by atoms with Crippen molar-refractivity contribution in [3.8, 4) is 73.0 Å². The normalized spacial score (nSPS) is 13.5. The van der Waals surface area contributed by atoms with Crippen molar-refractivity contribution in [1.82, 2.24) is 19.5 Å². The molecule has 1 aliphatic rings. The minimum Gasteiger partial charge on any atom is -0.455 e. The van der Waals surface area contributed by atoms with Gasteiger partial charge in [0.25, 0.3) is 0 Å². The molecule has 10 aromatic carbocycles. The van der Waals surface area contributed by atoms with Gasteiger partial charge in [-0.1, -0.05) is 194 Å². The number of fused-ring (bicyclic) bond motifs is 6. The molecule has 5 nitrogen and oxygen atoms in total. The van der Waals surface area contributed by atoms with Gasteiger partial charge < -0.3 is 8.98 Å². The van der Waals surface area contributed by atoms with Crippen molar-refractivity contribution in [2.45, 2.75) is 12.3 Å². The molecule has 0 amide bonds. The average Bonchev–Trinajstić information content (AvgIpc) is 4.04. The fourth-order valence-corrected chi connectivity index (χ4v) is 11.0.